The molecule has 2 rings (SSSR count). The first kappa shape index (κ1) is 13.1. The summed E-state index contributed by atoms with van der Waals surface area (Å²) in [5, 5.41) is 13.8. The fourth-order valence-electron chi connectivity index (χ4n) is 1.37. The molecule has 2 heterocycles. The number of carboxylic acid groups (broad SMARTS) is 1. The Balaban J connectivity index is 2.31. The maximum absolute atomic E-state index is 10.6. The molecule has 0 aliphatic rings. The Morgan fingerprint density at radius 1 is 1.56 bits per heavy atom. The third-order valence-corrected chi connectivity index (χ3v) is 3.52. The number of hydrogen-bond donors (Lipinski definition) is 1. The number of rotatable bonds is 4. The highest BCUT2D eigenvalue weighted by Crippen LogP contribution is 2.22. The summed E-state index contributed by atoms with van der Waals surface area (Å²) in [5.74, 6) is -0.185. The average Bonchev–Trinajstić information content (AvgIpc) is 2.69. The Bertz CT molecular complexity index is 568. The molecule has 2 aromatic heterocycles. The van der Waals surface area contributed by atoms with E-state index in [2.05, 4.69) is 26.0 Å². The van der Waals surface area contributed by atoms with Crippen LogP contribution in [0.5, 0.6) is 0 Å². The Kier molecular flexibility index (Phi) is 4.03. The number of carbonyl (C=O) groups is 1. The van der Waals surface area contributed by atoms with Crippen molar-refractivity contribution < 1.29 is 9.90 Å². The molecule has 0 spiro atoms. The van der Waals surface area contributed by atoms with Crippen molar-refractivity contribution in [3.8, 4) is 5.82 Å². The molecule has 1 N–H and O–H groups in total. The topological polar surface area (TPSA) is 68.0 Å². The van der Waals surface area contributed by atoms with Crippen molar-refractivity contribution in [2.75, 3.05) is 5.75 Å². The smallest absolute Gasteiger partial charge is 0.313 e. The molecule has 0 bridgehead atoms. The molecule has 0 saturated heterocycles. The second-order valence-electron chi connectivity index (χ2n) is 3.55. The van der Waals surface area contributed by atoms with E-state index in [0.29, 0.717) is 5.82 Å². The van der Waals surface area contributed by atoms with E-state index < -0.39 is 5.97 Å². The molecule has 94 valence electrons. The van der Waals surface area contributed by atoms with Crippen LogP contribution in [-0.2, 0) is 4.79 Å². The minimum absolute atomic E-state index is 0.00165. The molecule has 18 heavy (non-hydrogen) atoms. The summed E-state index contributed by atoms with van der Waals surface area (Å²) in [6.45, 7) is 1.86. The molecule has 0 unspecified atom stereocenters. The Labute approximate surface area is 116 Å². The zero-order chi connectivity index (χ0) is 13.1. The minimum atomic E-state index is -0.853. The molecule has 0 radical (unpaired) electrons. The van der Waals surface area contributed by atoms with Crippen LogP contribution in [0, 0.1) is 6.92 Å². The van der Waals surface area contributed by atoms with E-state index in [-0.39, 0.29) is 5.75 Å². The van der Waals surface area contributed by atoms with Gasteiger partial charge in [0.15, 0.2) is 5.82 Å². The van der Waals surface area contributed by atoms with Crippen LogP contribution in [0.1, 0.15) is 5.69 Å². The van der Waals surface area contributed by atoms with Crippen molar-refractivity contribution >= 4 is 33.7 Å². The molecular formula is C11H10BrN3O2S. The van der Waals surface area contributed by atoms with Gasteiger partial charge in [-0.05, 0) is 41.1 Å². The van der Waals surface area contributed by atoms with Gasteiger partial charge in [0.1, 0.15) is 5.03 Å². The van der Waals surface area contributed by atoms with E-state index >= 15 is 0 Å². The fourth-order valence-corrected chi connectivity index (χ4v) is 2.39. The van der Waals surface area contributed by atoms with Gasteiger partial charge in [0.25, 0.3) is 0 Å². The highest BCUT2D eigenvalue weighted by Gasteiger charge is 2.10. The molecule has 0 atom stereocenters. The van der Waals surface area contributed by atoms with Crippen LogP contribution in [0.25, 0.3) is 5.82 Å². The third kappa shape index (κ3) is 3.11. The second kappa shape index (κ2) is 5.53. The summed E-state index contributed by atoms with van der Waals surface area (Å²) in [6.07, 6.45) is 1.68. The first-order valence-electron chi connectivity index (χ1n) is 5.09. The standard InChI is InChI=1S/C11H10BrN3O2S/c1-7-4-10(18-6-11(16)17)15(14-7)9-3-2-8(12)5-13-9/h2-5H,6H2,1H3,(H,16,17). The minimum Gasteiger partial charge on any atom is -0.481 e. The lowest BCUT2D eigenvalue weighted by molar-refractivity contribution is -0.133. The van der Waals surface area contributed by atoms with Gasteiger partial charge in [-0.15, -0.1) is 0 Å². The van der Waals surface area contributed by atoms with Gasteiger partial charge in [-0.25, -0.2) is 9.67 Å². The van der Waals surface area contributed by atoms with Crippen molar-refractivity contribution in [3.63, 3.8) is 0 Å². The van der Waals surface area contributed by atoms with Gasteiger partial charge in [-0.3, -0.25) is 4.79 Å². The highest BCUT2D eigenvalue weighted by molar-refractivity contribution is 9.10. The molecule has 7 heteroatoms. The predicted octanol–water partition coefficient (Wildman–Crippen LogP) is 2.51. The van der Waals surface area contributed by atoms with Crippen molar-refractivity contribution in [1.82, 2.24) is 14.8 Å². The lowest BCUT2D eigenvalue weighted by Gasteiger charge is -2.04. The molecule has 5 nitrogen and oxygen atoms in total. The number of nitrogens with zero attached hydrogens (tertiary/aromatic N) is 3. The van der Waals surface area contributed by atoms with Crippen molar-refractivity contribution in [2.45, 2.75) is 11.9 Å². The Morgan fingerprint density at radius 2 is 2.33 bits per heavy atom. The second-order valence-corrected chi connectivity index (χ2v) is 5.46. The van der Waals surface area contributed by atoms with Gasteiger partial charge < -0.3 is 5.11 Å². The van der Waals surface area contributed by atoms with Gasteiger partial charge in [0.05, 0.1) is 11.4 Å². The van der Waals surface area contributed by atoms with Gasteiger partial charge in [-0.1, -0.05) is 11.8 Å². The molecule has 0 amide bonds. The van der Waals surface area contributed by atoms with Crippen LogP contribution in [0.3, 0.4) is 0 Å². The SMILES string of the molecule is Cc1cc(SCC(=O)O)n(-c2ccc(Br)cn2)n1. The predicted molar refractivity (Wildman–Crippen MR) is 72.2 cm³/mol. The number of hydrogen-bond acceptors (Lipinski definition) is 4. The van der Waals surface area contributed by atoms with Gasteiger partial charge in [-0.2, -0.15) is 5.10 Å². The maximum Gasteiger partial charge on any atom is 0.313 e. The van der Waals surface area contributed by atoms with Crippen LogP contribution < -0.4 is 0 Å². The van der Waals surface area contributed by atoms with Crippen molar-refractivity contribution in [1.29, 1.82) is 0 Å². The van der Waals surface area contributed by atoms with Crippen LogP contribution in [-0.4, -0.2) is 31.6 Å². The van der Waals surface area contributed by atoms with Gasteiger partial charge in [0.2, 0.25) is 0 Å². The lowest BCUT2D eigenvalue weighted by Crippen LogP contribution is -2.03. The summed E-state index contributed by atoms with van der Waals surface area (Å²) in [5.41, 5.74) is 0.826. The first-order chi connectivity index (χ1) is 8.56. The molecule has 0 aliphatic carbocycles. The highest BCUT2D eigenvalue weighted by atomic mass is 79.9. The zero-order valence-electron chi connectivity index (χ0n) is 9.50. The Morgan fingerprint density at radius 3 is 2.94 bits per heavy atom. The summed E-state index contributed by atoms with van der Waals surface area (Å²) in [7, 11) is 0. The summed E-state index contributed by atoms with van der Waals surface area (Å²) in [6, 6.07) is 5.53. The number of thioether (sulfide) groups is 1. The van der Waals surface area contributed by atoms with E-state index in [0.717, 1.165) is 15.2 Å². The summed E-state index contributed by atoms with van der Waals surface area (Å²) >= 11 is 4.54. The van der Waals surface area contributed by atoms with Crippen LogP contribution in [0.15, 0.2) is 33.9 Å². The molecule has 0 aliphatic heterocycles. The van der Waals surface area contributed by atoms with E-state index in [9.17, 15) is 4.79 Å². The third-order valence-electron chi connectivity index (χ3n) is 2.07. The van der Waals surface area contributed by atoms with E-state index in [1.165, 1.54) is 11.8 Å². The molecule has 0 saturated carbocycles. The van der Waals surface area contributed by atoms with E-state index in [1.54, 1.807) is 10.9 Å². The number of aliphatic carboxylic acids is 1. The largest absolute Gasteiger partial charge is 0.481 e. The first-order valence-corrected chi connectivity index (χ1v) is 6.87. The number of carboxylic acids is 1. The number of aromatic nitrogens is 3. The normalized spacial score (nSPS) is 10.6. The van der Waals surface area contributed by atoms with Crippen LogP contribution >= 0.6 is 27.7 Å². The van der Waals surface area contributed by atoms with Gasteiger partial charge >= 0.3 is 5.97 Å². The summed E-state index contributed by atoms with van der Waals surface area (Å²) in [4.78, 5) is 14.8. The maximum atomic E-state index is 10.6. The van der Waals surface area contributed by atoms with Crippen LogP contribution in [0.4, 0.5) is 0 Å². The number of halogens is 1. The van der Waals surface area contributed by atoms with E-state index in [1.807, 2.05) is 25.1 Å². The molecule has 0 fully saturated rings. The Hall–Kier alpha value is -1.34. The quantitative estimate of drug-likeness (QED) is 0.874. The summed E-state index contributed by atoms with van der Waals surface area (Å²) < 4.78 is 2.53. The van der Waals surface area contributed by atoms with Crippen LogP contribution in [0.2, 0.25) is 0 Å². The van der Waals surface area contributed by atoms with Crippen molar-refractivity contribution in [2.24, 2.45) is 0 Å². The fraction of sp³-hybridized carbons (Fsp3) is 0.182. The molecule has 0 aromatic carbocycles. The monoisotopic (exact) mass is 327 g/mol. The molecular weight excluding hydrogens is 318 g/mol. The lowest BCUT2D eigenvalue weighted by atomic mass is 10.5. The zero-order valence-corrected chi connectivity index (χ0v) is 11.9. The average molecular weight is 328 g/mol. The van der Waals surface area contributed by atoms with E-state index in [4.69, 9.17) is 5.11 Å². The molecule has 2 aromatic rings. The number of aryl methyl sites for hydroxylation is 1. The van der Waals surface area contributed by atoms with Gasteiger partial charge in [0, 0.05) is 10.7 Å². The number of pyridine rings is 1. The van der Waals surface area contributed by atoms with Crippen molar-refractivity contribution in [3.05, 3.63) is 34.6 Å².